The van der Waals surface area contributed by atoms with E-state index in [1.807, 2.05) is 10.7 Å². The Hall–Kier alpha value is -2.44. The van der Waals surface area contributed by atoms with Crippen molar-refractivity contribution >= 4 is 34.8 Å². The van der Waals surface area contributed by atoms with Crippen molar-refractivity contribution in [2.24, 2.45) is 0 Å². The minimum Gasteiger partial charge on any atom is -0.320 e. The molecule has 28 heavy (non-hydrogen) atoms. The van der Waals surface area contributed by atoms with Crippen LogP contribution in [0.3, 0.4) is 0 Å². The van der Waals surface area contributed by atoms with Crippen LogP contribution in [0.2, 0.25) is 10.0 Å². The average molecular weight is 414 g/mol. The van der Waals surface area contributed by atoms with Crippen LogP contribution in [-0.4, -0.2) is 25.7 Å². The van der Waals surface area contributed by atoms with Crippen LogP contribution in [0.15, 0.2) is 36.8 Å². The summed E-state index contributed by atoms with van der Waals surface area (Å²) in [5.74, 6) is 1.54. The van der Waals surface area contributed by atoms with E-state index in [4.69, 9.17) is 28.3 Å². The van der Waals surface area contributed by atoms with Crippen molar-refractivity contribution in [2.75, 3.05) is 5.32 Å². The first-order valence-electron chi connectivity index (χ1n) is 9.27. The number of hydrogen-bond donors (Lipinski definition) is 1. The zero-order valence-corrected chi connectivity index (χ0v) is 16.4. The summed E-state index contributed by atoms with van der Waals surface area (Å²) in [6.07, 6.45) is 9.25. The van der Waals surface area contributed by atoms with Gasteiger partial charge in [0.15, 0.2) is 5.82 Å². The molecular formula is C20H17Cl2N5O. The Bertz CT molecular complexity index is 1030. The highest BCUT2D eigenvalue weighted by Crippen LogP contribution is 2.45. The minimum atomic E-state index is -0.402. The molecule has 2 fully saturated rings. The number of aromatic nitrogens is 4. The fourth-order valence-electron chi connectivity index (χ4n) is 3.25. The molecule has 0 spiro atoms. The van der Waals surface area contributed by atoms with E-state index < -0.39 is 5.91 Å². The Morgan fingerprint density at radius 3 is 2.36 bits per heavy atom. The monoisotopic (exact) mass is 413 g/mol. The largest absolute Gasteiger partial charge is 0.320 e. The fourth-order valence-corrected chi connectivity index (χ4v) is 3.79. The predicted octanol–water partition coefficient (Wildman–Crippen LogP) is 4.98. The lowest BCUT2D eigenvalue weighted by atomic mass is 10.2. The molecule has 2 aliphatic rings. The van der Waals surface area contributed by atoms with Crippen LogP contribution in [-0.2, 0) is 0 Å². The quantitative estimate of drug-likeness (QED) is 0.640. The number of nitrogens with one attached hydrogen (secondary N) is 1. The van der Waals surface area contributed by atoms with Gasteiger partial charge in [-0.25, -0.2) is 9.67 Å². The Morgan fingerprint density at radius 2 is 1.75 bits per heavy atom. The van der Waals surface area contributed by atoms with Gasteiger partial charge in [-0.1, -0.05) is 23.2 Å². The Morgan fingerprint density at radius 1 is 1.04 bits per heavy atom. The molecule has 3 aromatic heterocycles. The van der Waals surface area contributed by atoms with Gasteiger partial charge in [-0.05, 0) is 43.9 Å². The number of rotatable bonds is 5. The van der Waals surface area contributed by atoms with Gasteiger partial charge in [-0.3, -0.25) is 9.78 Å². The van der Waals surface area contributed by atoms with E-state index in [-0.39, 0.29) is 15.6 Å². The highest BCUT2D eigenvalue weighted by Gasteiger charge is 2.33. The molecule has 6 nitrogen and oxygen atoms in total. The lowest BCUT2D eigenvalue weighted by Gasteiger charge is -2.09. The van der Waals surface area contributed by atoms with E-state index in [1.165, 1.54) is 49.5 Å². The molecule has 0 radical (unpaired) electrons. The molecule has 0 saturated heterocycles. The normalized spacial score (nSPS) is 16.2. The van der Waals surface area contributed by atoms with Crippen LogP contribution >= 0.6 is 23.2 Å². The Kier molecular flexibility index (Phi) is 4.33. The summed E-state index contributed by atoms with van der Waals surface area (Å²) >= 11 is 12.1. The molecule has 0 atom stereocenters. The number of hydrogen-bond acceptors (Lipinski definition) is 4. The lowest BCUT2D eigenvalue weighted by Crippen LogP contribution is -2.14. The summed E-state index contributed by atoms with van der Waals surface area (Å²) in [5, 5.41) is 7.97. The predicted molar refractivity (Wildman–Crippen MR) is 108 cm³/mol. The molecule has 8 heteroatoms. The van der Waals surface area contributed by atoms with Crippen LogP contribution in [0.25, 0.3) is 5.82 Å². The van der Waals surface area contributed by atoms with Crippen LogP contribution in [0.4, 0.5) is 5.69 Å². The Labute approximate surface area is 171 Å². The molecule has 0 aromatic carbocycles. The van der Waals surface area contributed by atoms with Gasteiger partial charge < -0.3 is 5.32 Å². The number of anilines is 1. The second-order valence-corrected chi connectivity index (χ2v) is 8.11. The van der Waals surface area contributed by atoms with Crippen LogP contribution in [0.1, 0.15) is 59.3 Å². The molecule has 0 bridgehead atoms. The van der Waals surface area contributed by atoms with Gasteiger partial charge in [0.05, 0.1) is 33.2 Å². The summed E-state index contributed by atoms with van der Waals surface area (Å²) in [6, 6.07) is 5.90. The topological polar surface area (TPSA) is 72.7 Å². The van der Waals surface area contributed by atoms with Crippen molar-refractivity contribution in [3.63, 3.8) is 0 Å². The third-order valence-electron chi connectivity index (χ3n) is 5.05. The molecule has 2 saturated carbocycles. The standard InChI is InChI=1S/C20H17Cl2N5O/c21-14-9-23-10-15(22)19(14)20(28)25-13-5-6-18(24-8-13)27-17(12-3-4-12)7-16(26-27)11-1-2-11/h5-12H,1-4H2,(H,25,28). The van der Waals surface area contributed by atoms with E-state index in [1.54, 1.807) is 12.3 Å². The first-order chi connectivity index (χ1) is 13.6. The van der Waals surface area contributed by atoms with Crippen molar-refractivity contribution in [1.29, 1.82) is 0 Å². The SMILES string of the molecule is O=C(Nc1ccc(-n2nc(C3CC3)cc2C2CC2)nc1)c1c(Cl)cncc1Cl. The van der Waals surface area contributed by atoms with Gasteiger partial charge in [0.2, 0.25) is 0 Å². The van der Waals surface area contributed by atoms with E-state index in [2.05, 4.69) is 21.4 Å². The molecule has 1 amide bonds. The summed E-state index contributed by atoms with van der Waals surface area (Å²) in [7, 11) is 0. The van der Waals surface area contributed by atoms with Crippen molar-refractivity contribution in [3.05, 3.63) is 63.8 Å². The van der Waals surface area contributed by atoms with Crippen LogP contribution < -0.4 is 5.32 Å². The van der Waals surface area contributed by atoms with Crippen LogP contribution in [0.5, 0.6) is 0 Å². The second kappa shape index (κ2) is 6.87. The molecular weight excluding hydrogens is 397 g/mol. The molecule has 1 N–H and O–H groups in total. The number of halogens is 2. The van der Waals surface area contributed by atoms with E-state index in [0.717, 1.165) is 5.82 Å². The van der Waals surface area contributed by atoms with E-state index in [9.17, 15) is 4.79 Å². The van der Waals surface area contributed by atoms with Gasteiger partial charge in [0.25, 0.3) is 5.91 Å². The smallest absolute Gasteiger partial charge is 0.258 e. The number of nitrogens with zero attached hydrogens (tertiary/aromatic N) is 4. The zero-order valence-electron chi connectivity index (χ0n) is 14.9. The number of carbonyl (C=O) groups excluding carboxylic acids is 1. The molecule has 3 aromatic rings. The van der Waals surface area contributed by atoms with Gasteiger partial charge >= 0.3 is 0 Å². The summed E-state index contributed by atoms with van der Waals surface area (Å²) < 4.78 is 1.95. The third-order valence-corrected chi connectivity index (χ3v) is 5.62. The van der Waals surface area contributed by atoms with Crippen molar-refractivity contribution < 1.29 is 4.79 Å². The maximum Gasteiger partial charge on any atom is 0.258 e. The number of amides is 1. The average Bonchev–Trinajstić information content (AvgIpc) is 3.61. The second-order valence-electron chi connectivity index (χ2n) is 7.29. The van der Waals surface area contributed by atoms with Crippen LogP contribution in [0, 0.1) is 0 Å². The molecule has 0 aliphatic heterocycles. The number of pyridine rings is 2. The maximum atomic E-state index is 12.5. The van der Waals surface area contributed by atoms with Gasteiger partial charge in [-0.2, -0.15) is 5.10 Å². The summed E-state index contributed by atoms with van der Waals surface area (Å²) in [4.78, 5) is 20.9. The minimum absolute atomic E-state index is 0.194. The first-order valence-corrected chi connectivity index (χ1v) is 10.0. The van der Waals surface area contributed by atoms with Gasteiger partial charge in [0.1, 0.15) is 0 Å². The number of carbonyl (C=O) groups is 1. The summed E-state index contributed by atoms with van der Waals surface area (Å²) in [6.45, 7) is 0. The van der Waals surface area contributed by atoms with Crippen molar-refractivity contribution in [1.82, 2.24) is 19.7 Å². The molecule has 142 valence electrons. The fraction of sp³-hybridized carbons (Fsp3) is 0.300. The molecule has 5 rings (SSSR count). The van der Waals surface area contributed by atoms with Crippen molar-refractivity contribution in [3.8, 4) is 5.82 Å². The van der Waals surface area contributed by atoms with Gasteiger partial charge in [-0.15, -0.1) is 0 Å². The molecule has 3 heterocycles. The molecule has 0 unspecified atom stereocenters. The highest BCUT2D eigenvalue weighted by atomic mass is 35.5. The third kappa shape index (κ3) is 3.38. The molecule has 2 aliphatic carbocycles. The van der Waals surface area contributed by atoms with Crippen molar-refractivity contribution in [2.45, 2.75) is 37.5 Å². The first kappa shape index (κ1) is 17.6. The Balaban J connectivity index is 1.38. The van der Waals surface area contributed by atoms with E-state index in [0.29, 0.717) is 17.5 Å². The zero-order chi connectivity index (χ0) is 19.3. The maximum absolute atomic E-state index is 12.5. The summed E-state index contributed by atoms with van der Waals surface area (Å²) in [5.41, 5.74) is 3.16. The van der Waals surface area contributed by atoms with E-state index >= 15 is 0 Å². The highest BCUT2D eigenvalue weighted by molar-refractivity contribution is 6.40. The van der Waals surface area contributed by atoms with Gasteiger partial charge in [0, 0.05) is 29.9 Å². The lowest BCUT2D eigenvalue weighted by molar-refractivity contribution is 0.102.